The Morgan fingerprint density at radius 1 is 1.32 bits per heavy atom. The van der Waals surface area contributed by atoms with Crippen LogP contribution in [0.5, 0.6) is 0 Å². The first kappa shape index (κ1) is 16.1. The number of nitrogens with two attached hydrogens (primary N) is 1. The fraction of sp³-hybridized carbons (Fsp3) is 0.538. The van der Waals surface area contributed by atoms with Crippen LogP contribution in [-0.4, -0.2) is 21.0 Å². The molecule has 1 aromatic carbocycles. The SMILES string of the molecule is CC(C)(C)CC(N)CNS(=O)(=O)c1ccccc1F. The van der Waals surface area contributed by atoms with E-state index >= 15 is 0 Å². The summed E-state index contributed by atoms with van der Waals surface area (Å²) in [6, 6.07) is 4.96. The molecule has 1 rings (SSSR count). The third-order valence-electron chi connectivity index (χ3n) is 2.54. The van der Waals surface area contributed by atoms with Crippen LogP contribution in [0.3, 0.4) is 0 Å². The molecule has 0 aromatic heterocycles. The van der Waals surface area contributed by atoms with Gasteiger partial charge in [0.15, 0.2) is 0 Å². The van der Waals surface area contributed by atoms with Crippen molar-refractivity contribution in [3.63, 3.8) is 0 Å². The second kappa shape index (κ2) is 5.98. The lowest BCUT2D eigenvalue weighted by molar-refractivity contribution is 0.338. The maximum atomic E-state index is 13.4. The van der Waals surface area contributed by atoms with Crippen molar-refractivity contribution in [1.82, 2.24) is 4.72 Å². The van der Waals surface area contributed by atoms with E-state index < -0.39 is 15.8 Å². The minimum atomic E-state index is -3.85. The summed E-state index contributed by atoms with van der Waals surface area (Å²) in [6.07, 6.45) is 0.673. The largest absolute Gasteiger partial charge is 0.326 e. The maximum Gasteiger partial charge on any atom is 0.243 e. The second-order valence-corrected chi connectivity index (χ2v) is 7.54. The van der Waals surface area contributed by atoms with Gasteiger partial charge < -0.3 is 5.73 Å². The number of hydrogen-bond acceptors (Lipinski definition) is 3. The minimum absolute atomic E-state index is 0.0167. The van der Waals surface area contributed by atoms with Crippen LogP contribution in [0, 0.1) is 11.2 Å². The highest BCUT2D eigenvalue weighted by Gasteiger charge is 2.21. The van der Waals surface area contributed by atoms with Gasteiger partial charge in [0.05, 0.1) is 0 Å². The molecule has 6 heteroatoms. The number of nitrogens with one attached hydrogen (secondary N) is 1. The van der Waals surface area contributed by atoms with E-state index in [1.54, 1.807) is 0 Å². The van der Waals surface area contributed by atoms with Crippen molar-refractivity contribution in [3.05, 3.63) is 30.1 Å². The molecule has 1 unspecified atom stereocenters. The maximum absolute atomic E-state index is 13.4. The van der Waals surface area contributed by atoms with E-state index in [0.29, 0.717) is 6.42 Å². The number of sulfonamides is 1. The lowest BCUT2D eigenvalue weighted by atomic mass is 9.88. The van der Waals surface area contributed by atoms with Crippen LogP contribution >= 0.6 is 0 Å². The van der Waals surface area contributed by atoms with Gasteiger partial charge in [-0.2, -0.15) is 0 Å². The van der Waals surface area contributed by atoms with E-state index in [0.717, 1.165) is 6.07 Å². The molecule has 1 atom stereocenters. The topological polar surface area (TPSA) is 72.2 Å². The first-order valence-corrected chi connectivity index (χ1v) is 7.60. The monoisotopic (exact) mass is 288 g/mol. The van der Waals surface area contributed by atoms with Gasteiger partial charge in [0.1, 0.15) is 10.7 Å². The van der Waals surface area contributed by atoms with E-state index in [-0.39, 0.29) is 22.9 Å². The lowest BCUT2D eigenvalue weighted by Gasteiger charge is -2.23. The first-order chi connectivity index (χ1) is 8.62. The Morgan fingerprint density at radius 3 is 2.42 bits per heavy atom. The van der Waals surface area contributed by atoms with Gasteiger partial charge in [0.2, 0.25) is 10.0 Å². The van der Waals surface area contributed by atoms with E-state index in [1.165, 1.54) is 18.2 Å². The highest BCUT2D eigenvalue weighted by molar-refractivity contribution is 7.89. The van der Waals surface area contributed by atoms with Crippen molar-refractivity contribution in [2.75, 3.05) is 6.54 Å². The molecule has 0 fully saturated rings. The average Bonchev–Trinajstić information content (AvgIpc) is 2.24. The van der Waals surface area contributed by atoms with Crippen LogP contribution in [0.15, 0.2) is 29.2 Å². The standard InChI is InChI=1S/C13H21FN2O2S/c1-13(2,3)8-10(15)9-16-19(17,18)12-7-5-4-6-11(12)14/h4-7,10,16H,8-9,15H2,1-3H3. The van der Waals surface area contributed by atoms with Crippen LogP contribution in [-0.2, 0) is 10.0 Å². The van der Waals surface area contributed by atoms with Gasteiger partial charge in [0, 0.05) is 12.6 Å². The van der Waals surface area contributed by atoms with Crippen molar-refractivity contribution < 1.29 is 12.8 Å². The molecular weight excluding hydrogens is 267 g/mol. The molecule has 3 N–H and O–H groups in total. The van der Waals surface area contributed by atoms with Gasteiger partial charge in [0.25, 0.3) is 0 Å². The second-order valence-electron chi connectivity index (χ2n) is 5.81. The Balaban J connectivity index is 2.70. The summed E-state index contributed by atoms with van der Waals surface area (Å²) >= 11 is 0. The van der Waals surface area contributed by atoms with Crippen molar-refractivity contribution >= 4 is 10.0 Å². The molecule has 0 aliphatic rings. The average molecular weight is 288 g/mol. The van der Waals surface area contributed by atoms with Gasteiger partial charge in [-0.05, 0) is 24.0 Å². The summed E-state index contributed by atoms with van der Waals surface area (Å²) in [4.78, 5) is -0.349. The van der Waals surface area contributed by atoms with Crippen molar-refractivity contribution in [2.45, 2.75) is 38.1 Å². The van der Waals surface area contributed by atoms with E-state index in [2.05, 4.69) is 4.72 Å². The molecule has 108 valence electrons. The summed E-state index contributed by atoms with van der Waals surface area (Å²) in [5.74, 6) is -0.764. The number of rotatable bonds is 5. The normalized spacial score (nSPS) is 14.4. The van der Waals surface area contributed by atoms with Gasteiger partial charge in [-0.1, -0.05) is 32.9 Å². The fourth-order valence-electron chi connectivity index (χ4n) is 1.82. The third-order valence-corrected chi connectivity index (χ3v) is 3.99. The van der Waals surface area contributed by atoms with Gasteiger partial charge >= 0.3 is 0 Å². The predicted molar refractivity (Wildman–Crippen MR) is 73.6 cm³/mol. The molecule has 0 radical (unpaired) electrons. The molecule has 0 aliphatic carbocycles. The zero-order chi connectivity index (χ0) is 14.7. The quantitative estimate of drug-likeness (QED) is 0.868. The Labute approximate surface area is 114 Å². The van der Waals surface area contributed by atoms with Crippen molar-refractivity contribution in [2.24, 2.45) is 11.1 Å². The molecule has 19 heavy (non-hydrogen) atoms. The first-order valence-electron chi connectivity index (χ1n) is 6.11. The highest BCUT2D eigenvalue weighted by atomic mass is 32.2. The molecule has 0 heterocycles. The van der Waals surface area contributed by atoms with Crippen LogP contribution in [0.2, 0.25) is 0 Å². The Kier molecular flexibility index (Phi) is 5.06. The van der Waals surface area contributed by atoms with Crippen molar-refractivity contribution in [1.29, 1.82) is 0 Å². The predicted octanol–water partition coefficient (Wildman–Crippen LogP) is 1.87. The fourth-order valence-corrected chi connectivity index (χ4v) is 2.99. The Morgan fingerprint density at radius 2 is 1.89 bits per heavy atom. The minimum Gasteiger partial charge on any atom is -0.326 e. The van der Waals surface area contributed by atoms with Gasteiger partial charge in [-0.3, -0.25) is 0 Å². The molecule has 1 aromatic rings. The van der Waals surface area contributed by atoms with Gasteiger partial charge in [-0.25, -0.2) is 17.5 Å². The van der Waals surface area contributed by atoms with Crippen LogP contribution in [0.4, 0.5) is 4.39 Å². The highest BCUT2D eigenvalue weighted by Crippen LogP contribution is 2.20. The number of benzene rings is 1. The zero-order valence-electron chi connectivity index (χ0n) is 11.5. The molecule has 0 bridgehead atoms. The summed E-state index contributed by atoms with van der Waals surface area (Å²) in [6.45, 7) is 6.17. The summed E-state index contributed by atoms with van der Waals surface area (Å²) in [5, 5.41) is 0. The number of hydrogen-bond donors (Lipinski definition) is 2. The molecule has 0 saturated heterocycles. The summed E-state index contributed by atoms with van der Waals surface area (Å²) < 4.78 is 39.6. The van der Waals surface area contributed by atoms with Crippen LogP contribution in [0.25, 0.3) is 0 Å². The summed E-state index contributed by atoms with van der Waals surface area (Å²) in [7, 11) is -3.85. The van der Waals surface area contributed by atoms with E-state index in [9.17, 15) is 12.8 Å². The Hall–Kier alpha value is -0.980. The van der Waals surface area contributed by atoms with Crippen LogP contribution in [0.1, 0.15) is 27.2 Å². The molecular formula is C13H21FN2O2S. The number of halogens is 1. The Bertz CT molecular complexity index is 524. The van der Waals surface area contributed by atoms with E-state index in [1.807, 2.05) is 20.8 Å². The summed E-state index contributed by atoms with van der Waals surface area (Å²) in [5.41, 5.74) is 5.88. The lowest BCUT2D eigenvalue weighted by Crippen LogP contribution is -2.39. The van der Waals surface area contributed by atoms with Gasteiger partial charge in [-0.15, -0.1) is 0 Å². The molecule has 0 spiro atoms. The zero-order valence-corrected chi connectivity index (χ0v) is 12.3. The third kappa shape index (κ3) is 5.26. The molecule has 4 nitrogen and oxygen atoms in total. The molecule has 0 saturated carbocycles. The van der Waals surface area contributed by atoms with E-state index in [4.69, 9.17) is 5.73 Å². The molecule has 0 amide bonds. The molecule has 0 aliphatic heterocycles. The van der Waals surface area contributed by atoms with Crippen molar-refractivity contribution in [3.8, 4) is 0 Å². The smallest absolute Gasteiger partial charge is 0.243 e. The van der Waals surface area contributed by atoms with Crippen LogP contribution < -0.4 is 10.5 Å².